The minimum absolute atomic E-state index is 0.358. The van der Waals surface area contributed by atoms with Crippen molar-refractivity contribution in [1.82, 2.24) is 9.97 Å². The molecule has 2 heterocycles. The number of aromatic nitrogens is 2. The Labute approximate surface area is 67.2 Å². The molecule has 0 spiro atoms. The van der Waals surface area contributed by atoms with Crippen molar-refractivity contribution < 1.29 is 9.18 Å². The highest BCUT2D eigenvalue weighted by Crippen LogP contribution is 2.15. The number of hydrogen-bond donors (Lipinski definition) is 1. The Morgan fingerprint density at radius 2 is 2.33 bits per heavy atom. The molecule has 0 radical (unpaired) electrons. The second-order valence-corrected chi connectivity index (χ2v) is 2.43. The predicted molar refractivity (Wildman–Crippen MR) is 41.4 cm³/mol. The Morgan fingerprint density at radius 3 is 3.00 bits per heavy atom. The maximum absolute atomic E-state index is 12.9. The van der Waals surface area contributed by atoms with Crippen LogP contribution in [0.1, 0.15) is 10.5 Å². The third-order valence-corrected chi connectivity index (χ3v) is 1.64. The van der Waals surface area contributed by atoms with Crippen molar-refractivity contribution in [2.75, 3.05) is 0 Å². The molecular formula is C8H5FN2O. The zero-order chi connectivity index (χ0) is 8.55. The number of nitrogens with one attached hydrogen (secondary N) is 1. The Balaban J connectivity index is 2.82. The highest BCUT2D eigenvalue weighted by Gasteiger charge is 2.03. The molecule has 0 bridgehead atoms. The minimum atomic E-state index is -0.420. The lowest BCUT2D eigenvalue weighted by molar-refractivity contribution is 0.112. The minimum Gasteiger partial charge on any atom is -0.351 e. The first kappa shape index (κ1) is 6.97. The zero-order valence-electron chi connectivity index (χ0n) is 6.04. The Kier molecular flexibility index (Phi) is 1.40. The molecule has 3 nitrogen and oxygen atoms in total. The topological polar surface area (TPSA) is 45.8 Å². The van der Waals surface area contributed by atoms with Gasteiger partial charge in [-0.2, -0.15) is 0 Å². The van der Waals surface area contributed by atoms with E-state index in [1.807, 2.05) is 0 Å². The van der Waals surface area contributed by atoms with Gasteiger partial charge in [0.1, 0.15) is 0 Å². The summed E-state index contributed by atoms with van der Waals surface area (Å²) in [4.78, 5) is 16.7. The fraction of sp³-hybridized carbons (Fsp3) is 0. The maximum Gasteiger partial charge on any atom is 0.166 e. The zero-order valence-corrected chi connectivity index (χ0v) is 6.04. The van der Waals surface area contributed by atoms with Crippen LogP contribution in [0.4, 0.5) is 4.39 Å². The number of pyridine rings is 1. The molecule has 0 aliphatic rings. The van der Waals surface area contributed by atoms with E-state index < -0.39 is 5.82 Å². The average Bonchev–Trinajstić information content (AvgIpc) is 2.49. The number of nitrogens with zero attached hydrogens (tertiary/aromatic N) is 1. The van der Waals surface area contributed by atoms with E-state index in [1.54, 1.807) is 0 Å². The summed E-state index contributed by atoms with van der Waals surface area (Å²) in [7, 11) is 0. The second-order valence-electron chi connectivity index (χ2n) is 2.43. The van der Waals surface area contributed by atoms with Crippen LogP contribution >= 0.6 is 0 Å². The average molecular weight is 164 g/mol. The molecule has 0 atom stereocenters. The molecule has 4 heteroatoms. The molecule has 12 heavy (non-hydrogen) atoms. The van der Waals surface area contributed by atoms with E-state index in [1.165, 1.54) is 12.3 Å². The lowest BCUT2D eigenvalue weighted by Gasteiger charge is -1.87. The van der Waals surface area contributed by atoms with Crippen LogP contribution in [-0.2, 0) is 0 Å². The smallest absolute Gasteiger partial charge is 0.166 e. The molecule has 60 valence electrons. The van der Waals surface area contributed by atoms with Crippen molar-refractivity contribution in [3.63, 3.8) is 0 Å². The molecule has 0 aliphatic heterocycles. The fourth-order valence-corrected chi connectivity index (χ4v) is 1.10. The van der Waals surface area contributed by atoms with Crippen LogP contribution in [0.2, 0.25) is 0 Å². The van der Waals surface area contributed by atoms with Crippen LogP contribution in [0.15, 0.2) is 18.5 Å². The summed E-state index contributed by atoms with van der Waals surface area (Å²) in [5, 5.41) is 0.395. The van der Waals surface area contributed by atoms with Crippen LogP contribution in [0.5, 0.6) is 0 Å². The standard InChI is InChI=1S/C8H5FN2O/c9-7-2-10-3-8-6(7)1-5(4-12)11-8/h1-4,11H. The molecule has 2 aromatic rings. The number of H-pyrrole nitrogens is 1. The van der Waals surface area contributed by atoms with Gasteiger partial charge in [-0.3, -0.25) is 9.78 Å². The predicted octanol–water partition coefficient (Wildman–Crippen LogP) is 1.51. The second kappa shape index (κ2) is 2.41. The monoisotopic (exact) mass is 164 g/mol. The van der Waals surface area contributed by atoms with Gasteiger partial charge in [-0.05, 0) is 6.07 Å². The van der Waals surface area contributed by atoms with Crippen molar-refractivity contribution >= 4 is 17.2 Å². The van der Waals surface area contributed by atoms with E-state index in [4.69, 9.17) is 0 Å². The summed E-state index contributed by atoms with van der Waals surface area (Å²) >= 11 is 0. The van der Waals surface area contributed by atoms with Gasteiger partial charge in [-0.1, -0.05) is 0 Å². The molecule has 0 aliphatic carbocycles. The van der Waals surface area contributed by atoms with Gasteiger partial charge in [0, 0.05) is 5.39 Å². The fourth-order valence-electron chi connectivity index (χ4n) is 1.10. The number of fused-ring (bicyclic) bond motifs is 1. The first-order chi connectivity index (χ1) is 5.81. The molecule has 0 amide bonds. The normalized spacial score (nSPS) is 10.4. The van der Waals surface area contributed by atoms with Crippen LogP contribution in [-0.4, -0.2) is 16.3 Å². The Morgan fingerprint density at radius 1 is 1.50 bits per heavy atom. The van der Waals surface area contributed by atoms with Gasteiger partial charge in [0.15, 0.2) is 12.1 Å². The van der Waals surface area contributed by atoms with Crippen molar-refractivity contribution in [2.24, 2.45) is 0 Å². The van der Waals surface area contributed by atoms with Gasteiger partial charge < -0.3 is 4.98 Å². The number of aromatic amines is 1. The van der Waals surface area contributed by atoms with Crippen LogP contribution in [0.3, 0.4) is 0 Å². The molecule has 0 saturated carbocycles. The van der Waals surface area contributed by atoms with Crippen molar-refractivity contribution in [3.8, 4) is 0 Å². The molecule has 2 aromatic heterocycles. The third kappa shape index (κ3) is 0.887. The first-order valence-electron chi connectivity index (χ1n) is 3.38. The summed E-state index contributed by atoms with van der Waals surface area (Å²) in [6.07, 6.45) is 3.23. The maximum atomic E-state index is 12.9. The van der Waals surface area contributed by atoms with Crippen molar-refractivity contribution in [1.29, 1.82) is 0 Å². The van der Waals surface area contributed by atoms with E-state index in [0.29, 0.717) is 22.9 Å². The number of carbonyl (C=O) groups excluding carboxylic acids is 1. The molecule has 1 N–H and O–H groups in total. The van der Waals surface area contributed by atoms with E-state index in [0.717, 1.165) is 6.20 Å². The van der Waals surface area contributed by atoms with Gasteiger partial charge in [0.05, 0.1) is 23.6 Å². The molecule has 2 rings (SSSR count). The third-order valence-electron chi connectivity index (χ3n) is 1.64. The number of carbonyl (C=O) groups is 1. The van der Waals surface area contributed by atoms with E-state index >= 15 is 0 Å². The molecular weight excluding hydrogens is 159 g/mol. The quantitative estimate of drug-likeness (QED) is 0.649. The Bertz CT molecular complexity index is 436. The number of aldehydes is 1. The van der Waals surface area contributed by atoms with Crippen LogP contribution in [0, 0.1) is 5.82 Å². The van der Waals surface area contributed by atoms with Crippen LogP contribution in [0.25, 0.3) is 10.9 Å². The highest BCUT2D eigenvalue weighted by atomic mass is 19.1. The molecule has 0 fully saturated rings. The first-order valence-corrected chi connectivity index (χ1v) is 3.38. The van der Waals surface area contributed by atoms with E-state index in [-0.39, 0.29) is 0 Å². The molecule has 0 aromatic carbocycles. The van der Waals surface area contributed by atoms with Crippen molar-refractivity contribution in [3.05, 3.63) is 30.0 Å². The van der Waals surface area contributed by atoms with Gasteiger partial charge in [-0.15, -0.1) is 0 Å². The lowest BCUT2D eigenvalue weighted by atomic mass is 10.3. The van der Waals surface area contributed by atoms with Gasteiger partial charge >= 0.3 is 0 Å². The van der Waals surface area contributed by atoms with E-state index in [9.17, 15) is 9.18 Å². The van der Waals surface area contributed by atoms with Gasteiger partial charge in [0.25, 0.3) is 0 Å². The van der Waals surface area contributed by atoms with Crippen molar-refractivity contribution in [2.45, 2.75) is 0 Å². The largest absolute Gasteiger partial charge is 0.351 e. The summed E-state index contributed by atoms with van der Waals surface area (Å²) in [5.41, 5.74) is 0.897. The lowest BCUT2D eigenvalue weighted by Crippen LogP contribution is -1.78. The number of halogens is 1. The Hall–Kier alpha value is -1.71. The highest BCUT2D eigenvalue weighted by molar-refractivity contribution is 5.87. The molecule has 0 saturated heterocycles. The molecule has 0 unspecified atom stereocenters. The van der Waals surface area contributed by atoms with Gasteiger partial charge in [0.2, 0.25) is 0 Å². The van der Waals surface area contributed by atoms with Gasteiger partial charge in [-0.25, -0.2) is 4.39 Å². The van der Waals surface area contributed by atoms with E-state index in [2.05, 4.69) is 9.97 Å². The number of hydrogen-bond acceptors (Lipinski definition) is 2. The SMILES string of the molecule is O=Cc1cc2c(F)cncc2[nH]1. The summed E-state index contributed by atoms with van der Waals surface area (Å²) in [6, 6.07) is 1.46. The summed E-state index contributed by atoms with van der Waals surface area (Å²) in [6.45, 7) is 0. The van der Waals surface area contributed by atoms with Crippen LogP contribution < -0.4 is 0 Å². The summed E-state index contributed by atoms with van der Waals surface area (Å²) < 4.78 is 12.9. The summed E-state index contributed by atoms with van der Waals surface area (Å²) in [5.74, 6) is -0.420. The number of rotatable bonds is 1.